The number of hydrogen-bond donors (Lipinski definition) is 1. The third-order valence-corrected chi connectivity index (χ3v) is 2.18. The van der Waals surface area contributed by atoms with Crippen molar-refractivity contribution in [1.29, 1.82) is 0 Å². The van der Waals surface area contributed by atoms with E-state index in [1.807, 2.05) is 12.1 Å². The van der Waals surface area contributed by atoms with E-state index in [-0.39, 0.29) is 5.38 Å². The molecule has 0 saturated heterocycles. The van der Waals surface area contributed by atoms with Crippen LogP contribution in [-0.4, -0.2) is 11.5 Å². The van der Waals surface area contributed by atoms with Gasteiger partial charge in [-0.3, -0.25) is 4.98 Å². The molecule has 12 heavy (non-hydrogen) atoms. The first-order valence-electron chi connectivity index (χ1n) is 4.08. The highest BCUT2D eigenvalue weighted by Gasteiger charge is 2.05. The van der Waals surface area contributed by atoms with Crippen molar-refractivity contribution in [2.24, 2.45) is 5.73 Å². The highest BCUT2D eigenvalue weighted by atomic mass is 35.5. The van der Waals surface area contributed by atoms with Gasteiger partial charge in [-0.25, -0.2) is 0 Å². The second-order valence-corrected chi connectivity index (χ2v) is 3.21. The summed E-state index contributed by atoms with van der Waals surface area (Å²) in [4.78, 5) is 4.00. The van der Waals surface area contributed by atoms with Crippen molar-refractivity contribution >= 4 is 11.6 Å². The molecule has 0 bridgehead atoms. The molecule has 0 spiro atoms. The Morgan fingerprint density at radius 2 is 2.42 bits per heavy atom. The average Bonchev–Trinajstić information content (AvgIpc) is 2.15. The predicted molar refractivity (Wildman–Crippen MR) is 51.1 cm³/mol. The lowest BCUT2D eigenvalue weighted by atomic mass is 10.1. The molecule has 0 fully saturated rings. The zero-order valence-corrected chi connectivity index (χ0v) is 7.67. The molecule has 1 aromatic heterocycles. The summed E-state index contributed by atoms with van der Waals surface area (Å²) in [6, 6.07) is 3.88. The zero-order chi connectivity index (χ0) is 8.81. The Bertz CT molecular complexity index is 213. The minimum atomic E-state index is 0.0576. The first kappa shape index (κ1) is 9.49. The summed E-state index contributed by atoms with van der Waals surface area (Å²) in [7, 11) is 0. The van der Waals surface area contributed by atoms with E-state index in [0.717, 1.165) is 18.4 Å². The molecule has 3 heteroatoms. The van der Waals surface area contributed by atoms with E-state index >= 15 is 0 Å². The summed E-state index contributed by atoms with van der Waals surface area (Å²) >= 11 is 6.09. The van der Waals surface area contributed by atoms with Crippen LogP contribution in [0.3, 0.4) is 0 Å². The molecule has 0 radical (unpaired) electrons. The summed E-state index contributed by atoms with van der Waals surface area (Å²) in [6.07, 6.45) is 5.43. The normalized spacial score (nSPS) is 12.8. The molecule has 2 nitrogen and oxygen atoms in total. The lowest BCUT2D eigenvalue weighted by Gasteiger charge is -2.07. The van der Waals surface area contributed by atoms with Crippen LogP contribution >= 0.6 is 11.6 Å². The van der Waals surface area contributed by atoms with Gasteiger partial charge in [-0.1, -0.05) is 6.07 Å². The smallest absolute Gasteiger partial charge is 0.0600 e. The standard InChI is InChI=1S/C9H13ClN2/c10-9(4-1-5-11)8-3-2-6-12-7-8/h2-3,6-7,9H,1,4-5,11H2/t9-/m1/s1. The molecule has 1 heterocycles. The maximum absolute atomic E-state index is 6.09. The van der Waals surface area contributed by atoms with Crippen LogP contribution in [0.5, 0.6) is 0 Å². The number of rotatable bonds is 4. The summed E-state index contributed by atoms with van der Waals surface area (Å²) in [6.45, 7) is 0.698. The maximum atomic E-state index is 6.09. The highest BCUT2D eigenvalue weighted by molar-refractivity contribution is 6.20. The van der Waals surface area contributed by atoms with Gasteiger partial charge in [0.15, 0.2) is 0 Å². The highest BCUT2D eigenvalue weighted by Crippen LogP contribution is 2.23. The minimum absolute atomic E-state index is 0.0576. The quantitative estimate of drug-likeness (QED) is 0.728. The van der Waals surface area contributed by atoms with E-state index in [4.69, 9.17) is 17.3 Å². The van der Waals surface area contributed by atoms with Gasteiger partial charge in [0.25, 0.3) is 0 Å². The number of halogens is 1. The average molecular weight is 185 g/mol. The summed E-state index contributed by atoms with van der Waals surface area (Å²) < 4.78 is 0. The molecule has 1 atom stereocenters. The fourth-order valence-electron chi connectivity index (χ4n) is 1.02. The van der Waals surface area contributed by atoms with Gasteiger partial charge >= 0.3 is 0 Å². The van der Waals surface area contributed by atoms with Crippen molar-refractivity contribution in [3.05, 3.63) is 30.1 Å². The van der Waals surface area contributed by atoms with Crippen LogP contribution < -0.4 is 5.73 Å². The lowest BCUT2D eigenvalue weighted by Crippen LogP contribution is -2.00. The van der Waals surface area contributed by atoms with Gasteiger partial charge in [0.1, 0.15) is 0 Å². The van der Waals surface area contributed by atoms with Crippen molar-refractivity contribution in [3.63, 3.8) is 0 Å². The van der Waals surface area contributed by atoms with E-state index in [1.54, 1.807) is 12.4 Å². The predicted octanol–water partition coefficient (Wildman–Crippen LogP) is 2.10. The van der Waals surface area contributed by atoms with Gasteiger partial charge in [0, 0.05) is 12.4 Å². The van der Waals surface area contributed by atoms with E-state index in [1.165, 1.54) is 0 Å². The molecule has 0 aliphatic carbocycles. The number of alkyl halides is 1. The van der Waals surface area contributed by atoms with Crippen molar-refractivity contribution in [1.82, 2.24) is 4.98 Å². The largest absolute Gasteiger partial charge is 0.330 e. The first-order valence-corrected chi connectivity index (χ1v) is 4.52. The lowest BCUT2D eigenvalue weighted by molar-refractivity contribution is 0.724. The zero-order valence-electron chi connectivity index (χ0n) is 6.91. The van der Waals surface area contributed by atoms with Crippen molar-refractivity contribution < 1.29 is 0 Å². The fourth-order valence-corrected chi connectivity index (χ4v) is 1.31. The van der Waals surface area contributed by atoms with Gasteiger partial charge in [-0.2, -0.15) is 0 Å². The second-order valence-electron chi connectivity index (χ2n) is 2.68. The number of nitrogens with zero attached hydrogens (tertiary/aromatic N) is 1. The summed E-state index contributed by atoms with van der Waals surface area (Å²) in [5.41, 5.74) is 6.46. The third-order valence-electron chi connectivity index (χ3n) is 1.71. The van der Waals surface area contributed by atoms with Crippen molar-refractivity contribution in [3.8, 4) is 0 Å². The number of hydrogen-bond acceptors (Lipinski definition) is 2. The fraction of sp³-hybridized carbons (Fsp3) is 0.444. The molecule has 1 aromatic rings. The molecule has 66 valence electrons. The first-order chi connectivity index (χ1) is 5.84. The number of pyridine rings is 1. The minimum Gasteiger partial charge on any atom is -0.330 e. The van der Waals surface area contributed by atoms with Crippen LogP contribution in [-0.2, 0) is 0 Å². The monoisotopic (exact) mass is 184 g/mol. The molecular weight excluding hydrogens is 172 g/mol. The maximum Gasteiger partial charge on any atom is 0.0600 e. The van der Waals surface area contributed by atoms with E-state index < -0.39 is 0 Å². The molecule has 0 amide bonds. The van der Waals surface area contributed by atoms with E-state index in [2.05, 4.69) is 4.98 Å². The third kappa shape index (κ3) is 2.80. The Balaban J connectivity index is 2.48. The summed E-state index contributed by atoms with van der Waals surface area (Å²) in [5, 5.41) is 0.0576. The van der Waals surface area contributed by atoms with Crippen LogP contribution in [0, 0.1) is 0 Å². The topological polar surface area (TPSA) is 38.9 Å². The Labute approximate surface area is 77.8 Å². The Hall–Kier alpha value is -0.600. The number of aromatic nitrogens is 1. The molecule has 0 aliphatic rings. The number of nitrogens with two attached hydrogens (primary N) is 1. The van der Waals surface area contributed by atoms with Crippen LogP contribution in [0.15, 0.2) is 24.5 Å². The van der Waals surface area contributed by atoms with Crippen LogP contribution in [0.2, 0.25) is 0 Å². The van der Waals surface area contributed by atoms with Crippen LogP contribution in [0.4, 0.5) is 0 Å². The van der Waals surface area contributed by atoms with Gasteiger partial charge in [-0.05, 0) is 31.0 Å². The molecular formula is C9H13ClN2. The second kappa shape index (κ2) is 5.12. The van der Waals surface area contributed by atoms with E-state index in [0.29, 0.717) is 6.54 Å². The molecule has 0 unspecified atom stereocenters. The van der Waals surface area contributed by atoms with Gasteiger partial charge < -0.3 is 5.73 Å². The van der Waals surface area contributed by atoms with Gasteiger partial charge in [-0.15, -0.1) is 11.6 Å². The molecule has 2 N–H and O–H groups in total. The molecule has 1 rings (SSSR count). The molecule has 0 aromatic carbocycles. The van der Waals surface area contributed by atoms with Gasteiger partial charge in [0.2, 0.25) is 0 Å². The van der Waals surface area contributed by atoms with Crippen molar-refractivity contribution in [2.75, 3.05) is 6.54 Å². The summed E-state index contributed by atoms with van der Waals surface area (Å²) in [5.74, 6) is 0. The molecule has 0 aliphatic heterocycles. The van der Waals surface area contributed by atoms with Crippen molar-refractivity contribution in [2.45, 2.75) is 18.2 Å². The molecule has 0 saturated carbocycles. The van der Waals surface area contributed by atoms with E-state index in [9.17, 15) is 0 Å². The van der Waals surface area contributed by atoms with Gasteiger partial charge in [0.05, 0.1) is 5.38 Å². The van der Waals surface area contributed by atoms with Crippen LogP contribution in [0.1, 0.15) is 23.8 Å². The SMILES string of the molecule is NCCC[C@@H](Cl)c1cccnc1. The Kier molecular flexibility index (Phi) is 4.05. The Morgan fingerprint density at radius 1 is 1.58 bits per heavy atom. The van der Waals surface area contributed by atoms with Crippen LogP contribution in [0.25, 0.3) is 0 Å². The Morgan fingerprint density at radius 3 is 3.00 bits per heavy atom.